The number of benzene rings is 2. The highest BCUT2D eigenvalue weighted by Gasteiger charge is 2.25. The first-order valence-corrected chi connectivity index (χ1v) is 14.1. The molecule has 2 aromatic carbocycles. The van der Waals surface area contributed by atoms with Crippen molar-refractivity contribution in [3.05, 3.63) is 59.7 Å². The van der Waals surface area contributed by atoms with E-state index in [-0.39, 0.29) is 23.8 Å². The summed E-state index contributed by atoms with van der Waals surface area (Å²) < 4.78 is 6.06. The molecule has 39 heavy (non-hydrogen) atoms. The van der Waals surface area contributed by atoms with Crippen molar-refractivity contribution in [2.24, 2.45) is 0 Å². The lowest BCUT2D eigenvalue weighted by Crippen LogP contribution is -2.49. The molecular weight excluding hydrogens is 494 g/mol. The van der Waals surface area contributed by atoms with Crippen LogP contribution in [0.15, 0.2) is 48.5 Å². The quantitative estimate of drug-likeness (QED) is 0.505. The predicted octanol–water partition coefficient (Wildman–Crippen LogP) is 2.36. The fraction of sp³-hybridized carbons (Fsp3) is 0.500. The molecule has 3 saturated heterocycles. The SMILES string of the molecule is CN(Cc1cccc(OCCN2CCN(C(=O)c3ccc(N4CCCC4=O)cc3)CC2)c1)C[C@@H]1CCC(=O)N1. The second-order valence-electron chi connectivity index (χ2n) is 10.8. The summed E-state index contributed by atoms with van der Waals surface area (Å²) in [6.07, 6.45) is 3.03. The number of piperazine rings is 1. The summed E-state index contributed by atoms with van der Waals surface area (Å²) in [5, 5.41) is 3.03. The molecule has 0 aliphatic carbocycles. The Morgan fingerprint density at radius 1 is 1.03 bits per heavy atom. The summed E-state index contributed by atoms with van der Waals surface area (Å²) in [7, 11) is 2.08. The predicted molar refractivity (Wildman–Crippen MR) is 150 cm³/mol. The van der Waals surface area contributed by atoms with Gasteiger partial charge < -0.3 is 24.8 Å². The molecule has 9 heteroatoms. The number of hydrogen-bond acceptors (Lipinski definition) is 6. The topological polar surface area (TPSA) is 85.4 Å². The standard InChI is InChI=1S/C30H39N5O4/c1-32(22-25-9-12-28(36)31-25)21-23-4-2-5-27(20-23)39-19-18-33-14-16-34(17-15-33)30(38)24-7-10-26(11-8-24)35-13-3-6-29(35)37/h2,4-5,7-8,10-11,20,25H,3,6,9,12-19,21-22H2,1H3,(H,31,36)/t25-/m0/s1. The monoisotopic (exact) mass is 533 g/mol. The highest BCUT2D eigenvalue weighted by atomic mass is 16.5. The van der Waals surface area contributed by atoms with Crippen LogP contribution >= 0.6 is 0 Å². The van der Waals surface area contributed by atoms with Gasteiger partial charge in [0, 0.05) is 82.5 Å². The van der Waals surface area contributed by atoms with Gasteiger partial charge in [-0.2, -0.15) is 0 Å². The van der Waals surface area contributed by atoms with Gasteiger partial charge in [-0.15, -0.1) is 0 Å². The van der Waals surface area contributed by atoms with Gasteiger partial charge in [0.2, 0.25) is 11.8 Å². The number of nitrogens with one attached hydrogen (secondary N) is 1. The fourth-order valence-corrected chi connectivity index (χ4v) is 5.66. The minimum absolute atomic E-state index is 0.0438. The van der Waals surface area contributed by atoms with E-state index in [0.717, 1.165) is 63.5 Å². The van der Waals surface area contributed by atoms with Gasteiger partial charge >= 0.3 is 0 Å². The van der Waals surface area contributed by atoms with E-state index in [9.17, 15) is 14.4 Å². The van der Waals surface area contributed by atoms with Gasteiger partial charge in [0.15, 0.2) is 0 Å². The minimum atomic E-state index is 0.0438. The number of likely N-dealkylation sites (N-methyl/N-ethyl adjacent to an activating group) is 1. The third kappa shape index (κ3) is 7.16. The molecule has 0 spiro atoms. The van der Waals surface area contributed by atoms with Crippen LogP contribution in [0, 0.1) is 0 Å². The Hall–Kier alpha value is -3.43. The highest BCUT2D eigenvalue weighted by Crippen LogP contribution is 2.22. The van der Waals surface area contributed by atoms with Gasteiger partial charge in [0.25, 0.3) is 5.91 Å². The van der Waals surface area contributed by atoms with Crippen molar-refractivity contribution in [3.8, 4) is 5.75 Å². The maximum absolute atomic E-state index is 13.0. The molecule has 3 aliphatic heterocycles. The minimum Gasteiger partial charge on any atom is -0.492 e. The van der Waals surface area contributed by atoms with E-state index in [2.05, 4.69) is 34.3 Å². The van der Waals surface area contributed by atoms with Crippen molar-refractivity contribution in [1.29, 1.82) is 0 Å². The van der Waals surface area contributed by atoms with Crippen LogP contribution in [0.3, 0.4) is 0 Å². The summed E-state index contributed by atoms with van der Waals surface area (Å²) >= 11 is 0. The summed E-state index contributed by atoms with van der Waals surface area (Å²) in [6.45, 7) is 6.82. The zero-order valence-electron chi connectivity index (χ0n) is 22.8. The van der Waals surface area contributed by atoms with Crippen LogP contribution in [-0.4, -0.2) is 97.9 Å². The second kappa shape index (κ2) is 12.6. The molecule has 0 aromatic heterocycles. The molecule has 0 radical (unpaired) electrons. The molecule has 0 saturated carbocycles. The molecule has 3 fully saturated rings. The number of amides is 3. The Labute approximate surface area is 230 Å². The average molecular weight is 534 g/mol. The molecule has 3 amide bonds. The van der Waals surface area contributed by atoms with E-state index in [1.807, 2.05) is 41.3 Å². The molecule has 2 aromatic rings. The number of carbonyl (C=O) groups is 3. The first kappa shape index (κ1) is 27.1. The van der Waals surface area contributed by atoms with Crippen LogP contribution in [0.2, 0.25) is 0 Å². The molecule has 208 valence electrons. The number of nitrogens with zero attached hydrogens (tertiary/aromatic N) is 4. The number of carbonyl (C=O) groups excluding carboxylic acids is 3. The third-order valence-corrected chi connectivity index (χ3v) is 7.80. The second-order valence-corrected chi connectivity index (χ2v) is 10.8. The summed E-state index contributed by atoms with van der Waals surface area (Å²) in [4.78, 5) is 44.7. The molecular formula is C30H39N5O4. The Morgan fingerprint density at radius 3 is 2.51 bits per heavy atom. The average Bonchev–Trinajstić information content (AvgIpc) is 3.56. The molecule has 5 rings (SSSR count). The van der Waals surface area contributed by atoms with Gasteiger partial charge in [-0.25, -0.2) is 0 Å². The van der Waals surface area contributed by atoms with Crippen molar-refractivity contribution in [2.45, 2.75) is 38.3 Å². The smallest absolute Gasteiger partial charge is 0.253 e. The summed E-state index contributed by atoms with van der Waals surface area (Å²) in [6, 6.07) is 15.9. The Kier molecular flexibility index (Phi) is 8.78. The van der Waals surface area contributed by atoms with Crippen molar-refractivity contribution < 1.29 is 19.1 Å². The maximum atomic E-state index is 13.0. The van der Waals surface area contributed by atoms with Crippen LogP contribution in [-0.2, 0) is 16.1 Å². The van der Waals surface area contributed by atoms with Gasteiger partial charge in [0.1, 0.15) is 12.4 Å². The molecule has 3 heterocycles. The number of rotatable bonds is 10. The van der Waals surface area contributed by atoms with Crippen molar-refractivity contribution in [1.82, 2.24) is 20.0 Å². The third-order valence-electron chi connectivity index (χ3n) is 7.80. The first-order valence-electron chi connectivity index (χ1n) is 14.1. The molecule has 3 aliphatic rings. The lowest BCUT2D eigenvalue weighted by molar-refractivity contribution is -0.119. The van der Waals surface area contributed by atoms with E-state index in [1.54, 1.807) is 4.90 Å². The fourth-order valence-electron chi connectivity index (χ4n) is 5.66. The van der Waals surface area contributed by atoms with Crippen LogP contribution in [0.4, 0.5) is 5.69 Å². The van der Waals surface area contributed by atoms with Crippen molar-refractivity contribution >= 4 is 23.4 Å². The highest BCUT2D eigenvalue weighted by molar-refractivity contribution is 5.97. The molecule has 1 atom stereocenters. The number of hydrogen-bond donors (Lipinski definition) is 1. The zero-order chi connectivity index (χ0) is 27.2. The van der Waals surface area contributed by atoms with Crippen LogP contribution in [0.25, 0.3) is 0 Å². The van der Waals surface area contributed by atoms with Gasteiger partial charge in [-0.05, 0) is 61.9 Å². The van der Waals surface area contributed by atoms with Crippen molar-refractivity contribution in [2.75, 3.05) is 64.4 Å². The first-order chi connectivity index (χ1) is 18.9. The Balaban J connectivity index is 1.02. The van der Waals surface area contributed by atoms with E-state index in [0.29, 0.717) is 38.1 Å². The molecule has 0 unspecified atom stereocenters. The lowest BCUT2D eigenvalue weighted by atomic mass is 10.1. The molecule has 0 bridgehead atoms. The lowest BCUT2D eigenvalue weighted by Gasteiger charge is -2.34. The summed E-state index contributed by atoms with van der Waals surface area (Å²) in [5.41, 5.74) is 2.72. The zero-order valence-corrected chi connectivity index (χ0v) is 22.8. The largest absolute Gasteiger partial charge is 0.492 e. The molecule has 9 nitrogen and oxygen atoms in total. The van der Waals surface area contributed by atoms with Gasteiger partial charge in [-0.3, -0.25) is 19.3 Å². The van der Waals surface area contributed by atoms with E-state index in [4.69, 9.17) is 4.74 Å². The van der Waals surface area contributed by atoms with E-state index < -0.39 is 0 Å². The Morgan fingerprint density at radius 2 is 1.82 bits per heavy atom. The molecule has 1 N–H and O–H groups in total. The van der Waals surface area contributed by atoms with Gasteiger partial charge in [0.05, 0.1) is 0 Å². The van der Waals surface area contributed by atoms with Crippen LogP contribution in [0.5, 0.6) is 5.75 Å². The Bertz CT molecular complexity index is 1160. The normalized spacial score (nSPS) is 20.1. The van der Waals surface area contributed by atoms with E-state index >= 15 is 0 Å². The van der Waals surface area contributed by atoms with Crippen LogP contribution in [0.1, 0.15) is 41.6 Å². The maximum Gasteiger partial charge on any atom is 0.253 e. The number of ether oxygens (including phenoxy) is 1. The number of anilines is 1. The van der Waals surface area contributed by atoms with Gasteiger partial charge in [-0.1, -0.05) is 12.1 Å². The van der Waals surface area contributed by atoms with Crippen LogP contribution < -0.4 is 15.0 Å². The summed E-state index contributed by atoms with van der Waals surface area (Å²) in [5.74, 6) is 1.21. The van der Waals surface area contributed by atoms with E-state index in [1.165, 1.54) is 5.56 Å². The van der Waals surface area contributed by atoms with Crippen molar-refractivity contribution in [3.63, 3.8) is 0 Å².